The molecule has 0 atom stereocenters. The lowest BCUT2D eigenvalue weighted by molar-refractivity contribution is 0.806. The van der Waals surface area contributed by atoms with Crippen LogP contribution in [0.1, 0.15) is 31.0 Å². The van der Waals surface area contributed by atoms with Crippen molar-refractivity contribution in [1.82, 2.24) is 4.98 Å². The molecule has 1 aliphatic rings. The van der Waals surface area contributed by atoms with Gasteiger partial charge in [-0.2, -0.15) is 0 Å². The van der Waals surface area contributed by atoms with Crippen LogP contribution >= 0.6 is 0 Å². The second-order valence-corrected chi connectivity index (χ2v) is 3.55. The minimum Gasteiger partial charge on any atom is -0.384 e. The SMILES string of the molecule is CC(C)c1nccc2c1CCN2. The van der Waals surface area contributed by atoms with Crippen LogP contribution in [-0.4, -0.2) is 11.5 Å². The Morgan fingerprint density at radius 3 is 3.08 bits per heavy atom. The van der Waals surface area contributed by atoms with Crippen LogP contribution in [-0.2, 0) is 6.42 Å². The highest BCUT2D eigenvalue weighted by Crippen LogP contribution is 2.27. The lowest BCUT2D eigenvalue weighted by atomic mass is 10.0. The van der Waals surface area contributed by atoms with Crippen molar-refractivity contribution in [2.24, 2.45) is 0 Å². The Morgan fingerprint density at radius 2 is 2.33 bits per heavy atom. The third kappa shape index (κ3) is 1.07. The molecule has 1 N–H and O–H groups in total. The molecule has 1 aromatic rings. The Bertz CT molecular complexity index is 292. The average Bonchev–Trinajstić information content (AvgIpc) is 2.49. The van der Waals surface area contributed by atoms with Crippen LogP contribution in [0.5, 0.6) is 0 Å². The fourth-order valence-electron chi connectivity index (χ4n) is 1.76. The van der Waals surface area contributed by atoms with Crippen LogP contribution in [0, 0.1) is 0 Å². The van der Waals surface area contributed by atoms with Crippen molar-refractivity contribution in [1.29, 1.82) is 0 Å². The van der Waals surface area contributed by atoms with Gasteiger partial charge in [-0.25, -0.2) is 0 Å². The molecule has 12 heavy (non-hydrogen) atoms. The highest BCUT2D eigenvalue weighted by atomic mass is 14.9. The fraction of sp³-hybridized carbons (Fsp3) is 0.500. The molecule has 0 fully saturated rings. The average molecular weight is 162 g/mol. The quantitative estimate of drug-likeness (QED) is 0.684. The van der Waals surface area contributed by atoms with Crippen molar-refractivity contribution < 1.29 is 0 Å². The van der Waals surface area contributed by atoms with E-state index in [1.807, 2.05) is 6.20 Å². The van der Waals surface area contributed by atoms with Gasteiger partial charge in [0.05, 0.1) is 0 Å². The van der Waals surface area contributed by atoms with E-state index in [0.29, 0.717) is 5.92 Å². The van der Waals surface area contributed by atoms with E-state index < -0.39 is 0 Å². The molecule has 0 unspecified atom stereocenters. The van der Waals surface area contributed by atoms with Gasteiger partial charge in [0.2, 0.25) is 0 Å². The first-order valence-electron chi connectivity index (χ1n) is 4.50. The van der Waals surface area contributed by atoms with Gasteiger partial charge in [0.1, 0.15) is 0 Å². The number of aromatic nitrogens is 1. The van der Waals surface area contributed by atoms with Crippen LogP contribution in [0.25, 0.3) is 0 Å². The molecule has 2 nitrogen and oxygen atoms in total. The van der Waals surface area contributed by atoms with Crippen molar-refractivity contribution in [2.75, 3.05) is 11.9 Å². The first-order chi connectivity index (χ1) is 5.79. The Kier molecular flexibility index (Phi) is 1.75. The highest BCUT2D eigenvalue weighted by Gasteiger charge is 2.16. The number of hydrogen-bond acceptors (Lipinski definition) is 2. The lowest BCUT2D eigenvalue weighted by Crippen LogP contribution is -1.97. The first kappa shape index (κ1) is 7.59. The summed E-state index contributed by atoms with van der Waals surface area (Å²) in [6.45, 7) is 5.46. The summed E-state index contributed by atoms with van der Waals surface area (Å²) in [6.07, 6.45) is 3.03. The number of fused-ring (bicyclic) bond motifs is 1. The number of nitrogens with one attached hydrogen (secondary N) is 1. The largest absolute Gasteiger partial charge is 0.384 e. The van der Waals surface area contributed by atoms with Crippen molar-refractivity contribution in [3.63, 3.8) is 0 Å². The van der Waals surface area contributed by atoms with E-state index in [1.54, 1.807) is 0 Å². The maximum Gasteiger partial charge on any atom is 0.0482 e. The summed E-state index contributed by atoms with van der Waals surface area (Å²) >= 11 is 0. The van der Waals surface area contributed by atoms with E-state index in [0.717, 1.165) is 13.0 Å². The van der Waals surface area contributed by atoms with Gasteiger partial charge in [-0.15, -0.1) is 0 Å². The number of pyridine rings is 1. The minimum absolute atomic E-state index is 0.542. The first-order valence-corrected chi connectivity index (χ1v) is 4.50. The van der Waals surface area contributed by atoms with Crippen molar-refractivity contribution in [3.8, 4) is 0 Å². The number of rotatable bonds is 1. The van der Waals surface area contributed by atoms with Crippen molar-refractivity contribution in [2.45, 2.75) is 26.2 Å². The van der Waals surface area contributed by atoms with Gasteiger partial charge in [0.25, 0.3) is 0 Å². The number of hydrogen-bond donors (Lipinski definition) is 1. The number of anilines is 1. The summed E-state index contributed by atoms with van der Waals surface area (Å²) in [5.74, 6) is 0.542. The topological polar surface area (TPSA) is 24.9 Å². The lowest BCUT2D eigenvalue weighted by Gasteiger charge is -2.08. The monoisotopic (exact) mass is 162 g/mol. The molecule has 2 rings (SSSR count). The molecular weight excluding hydrogens is 148 g/mol. The Hall–Kier alpha value is -1.05. The summed E-state index contributed by atoms with van der Waals surface area (Å²) in [5.41, 5.74) is 3.97. The summed E-state index contributed by atoms with van der Waals surface area (Å²) < 4.78 is 0. The summed E-state index contributed by atoms with van der Waals surface area (Å²) in [4.78, 5) is 4.41. The maximum atomic E-state index is 4.41. The van der Waals surface area contributed by atoms with Gasteiger partial charge in [-0.3, -0.25) is 4.98 Å². The number of nitrogens with zero attached hydrogens (tertiary/aromatic N) is 1. The zero-order valence-corrected chi connectivity index (χ0v) is 7.59. The van der Waals surface area contributed by atoms with Crippen molar-refractivity contribution in [3.05, 3.63) is 23.5 Å². The van der Waals surface area contributed by atoms with Crippen LogP contribution in [0.3, 0.4) is 0 Å². The molecule has 0 saturated heterocycles. The molecular formula is C10H14N2. The van der Waals surface area contributed by atoms with Crippen LogP contribution < -0.4 is 5.32 Å². The van der Waals surface area contributed by atoms with Crippen LogP contribution in [0.4, 0.5) is 5.69 Å². The molecule has 1 aromatic heterocycles. The van der Waals surface area contributed by atoms with E-state index in [-0.39, 0.29) is 0 Å². The Morgan fingerprint density at radius 1 is 1.50 bits per heavy atom. The third-order valence-electron chi connectivity index (χ3n) is 2.33. The van der Waals surface area contributed by atoms with E-state index in [9.17, 15) is 0 Å². The predicted octanol–water partition coefficient (Wildman–Crippen LogP) is 2.17. The second-order valence-electron chi connectivity index (χ2n) is 3.55. The van der Waals surface area contributed by atoms with Gasteiger partial charge >= 0.3 is 0 Å². The highest BCUT2D eigenvalue weighted by molar-refractivity contribution is 5.56. The molecule has 0 aromatic carbocycles. The molecule has 1 aliphatic heterocycles. The summed E-state index contributed by atoms with van der Waals surface area (Å²) in [6, 6.07) is 2.06. The standard InChI is InChI=1S/C10H14N2/c1-7(2)10-8-3-5-11-9(8)4-6-12-10/h4,6-7,11H,3,5H2,1-2H3. The molecule has 0 amide bonds. The van der Waals surface area contributed by atoms with Gasteiger partial charge in [0, 0.05) is 24.1 Å². The smallest absolute Gasteiger partial charge is 0.0482 e. The zero-order chi connectivity index (χ0) is 8.55. The maximum absolute atomic E-state index is 4.41. The molecule has 2 heteroatoms. The zero-order valence-electron chi connectivity index (χ0n) is 7.59. The third-order valence-corrected chi connectivity index (χ3v) is 2.33. The normalized spacial score (nSPS) is 14.6. The summed E-state index contributed by atoms with van der Waals surface area (Å²) in [7, 11) is 0. The molecule has 0 bridgehead atoms. The Balaban J connectivity index is 2.49. The predicted molar refractivity (Wildman–Crippen MR) is 50.5 cm³/mol. The molecule has 0 spiro atoms. The van der Waals surface area contributed by atoms with Crippen molar-refractivity contribution >= 4 is 5.69 Å². The van der Waals surface area contributed by atoms with Gasteiger partial charge < -0.3 is 5.32 Å². The van der Waals surface area contributed by atoms with Gasteiger partial charge in [0.15, 0.2) is 0 Å². The molecule has 0 saturated carbocycles. The van der Waals surface area contributed by atoms with E-state index in [2.05, 4.69) is 30.2 Å². The molecule has 0 radical (unpaired) electrons. The fourth-order valence-corrected chi connectivity index (χ4v) is 1.76. The van der Waals surface area contributed by atoms with E-state index in [1.165, 1.54) is 16.9 Å². The van der Waals surface area contributed by atoms with Crippen LogP contribution in [0.2, 0.25) is 0 Å². The van der Waals surface area contributed by atoms with E-state index in [4.69, 9.17) is 0 Å². The molecule has 2 heterocycles. The molecule has 64 valence electrons. The van der Waals surface area contributed by atoms with Crippen LogP contribution in [0.15, 0.2) is 12.3 Å². The molecule has 0 aliphatic carbocycles. The van der Waals surface area contributed by atoms with Gasteiger partial charge in [-0.05, 0) is 24.0 Å². The summed E-state index contributed by atoms with van der Waals surface area (Å²) in [5, 5.41) is 3.36. The minimum atomic E-state index is 0.542. The van der Waals surface area contributed by atoms with Gasteiger partial charge in [-0.1, -0.05) is 13.8 Å². The Labute approximate surface area is 73.0 Å². The second kappa shape index (κ2) is 2.77. The van der Waals surface area contributed by atoms with E-state index >= 15 is 0 Å².